The number of hydrogen-bond acceptors (Lipinski definition) is 6. The molecule has 0 amide bonds. The molecule has 0 aliphatic rings. The zero-order valence-corrected chi connectivity index (χ0v) is 17.0. The van der Waals surface area contributed by atoms with Gasteiger partial charge >= 0.3 is 17.9 Å². The van der Waals surface area contributed by atoms with Gasteiger partial charge in [0.1, 0.15) is 12.5 Å². The van der Waals surface area contributed by atoms with E-state index in [4.69, 9.17) is 33.2 Å². The minimum Gasteiger partial charge on any atom is -0.529 e. The summed E-state index contributed by atoms with van der Waals surface area (Å²) in [6.07, 6.45) is 2.01. The summed E-state index contributed by atoms with van der Waals surface area (Å²) in [7, 11) is 0.524. The second-order valence-corrected chi connectivity index (χ2v) is 13.5. The Morgan fingerprint density at radius 2 is 1.10 bits per heavy atom. The number of halogens is 3. The van der Waals surface area contributed by atoms with Crippen molar-refractivity contribution in [2.24, 2.45) is 0 Å². The van der Waals surface area contributed by atoms with Gasteiger partial charge in [0.05, 0.1) is 0 Å². The van der Waals surface area contributed by atoms with Crippen LogP contribution in [0, 0.1) is 0 Å². The molecule has 0 fully saturated rings. The van der Waals surface area contributed by atoms with E-state index < -0.39 is 17.9 Å². The van der Waals surface area contributed by atoms with Gasteiger partial charge in [0.25, 0.3) is 5.97 Å². The first-order valence-corrected chi connectivity index (χ1v) is 11.4. The van der Waals surface area contributed by atoms with Crippen LogP contribution in [0.25, 0.3) is 0 Å². The molecule has 0 aliphatic carbocycles. The van der Waals surface area contributed by atoms with Crippen molar-refractivity contribution >= 4 is 67.6 Å². The van der Waals surface area contributed by atoms with Gasteiger partial charge in [-0.05, 0) is 6.55 Å². The van der Waals surface area contributed by atoms with Gasteiger partial charge in [-0.15, -0.1) is 33.2 Å². The summed E-state index contributed by atoms with van der Waals surface area (Å²) in [6, 6.07) is -2.19. The van der Waals surface area contributed by atoms with E-state index >= 15 is 0 Å². The molecule has 0 aromatic heterocycles. The molecule has 0 unspecified atom stereocenters. The standard InChI is InChI=1S/C6H8O4.C2H6O2Si.CH3Cl3Si/c1-5(7)9-3-4-10-6(2)8;1-2(3)4-5;1-5(2,3)4/h3-4H,1-2H3;1,5H3;1H3. The first-order chi connectivity index (χ1) is 8.90. The van der Waals surface area contributed by atoms with E-state index in [-0.39, 0.29) is 5.97 Å². The zero-order valence-electron chi connectivity index (χ0n) is 11.7. The normalized spacial score (nSPS) is 9.55. The largest absolute Gasteiger partial charge is 0.529 e. The molecule has 0 aromatic carbocycles. The summed E-state index contributed by atoms with van der Waals surface area (Å²) >= 11 is 15.6. The highest BCUT2D eigenvalue weighted by molar-refractivity contribution is 7.64. The predicted octanol–water partition coefficient (Wildman–Crippen LogP) is 1.69. The quantitative estimate of drug-likeness (QED) is 0.312. The fraction of sp³-hybridized carbons (Fsp3) is 0.444. The van der Waals surface area contributed by atoms with Gasteiger partial charge in [-0.1, -0.05) is 0 Å². The van der Waals surface area contributed by atoms with Gasteiger partial charge in [-0.3, -0.25) is 14.4 Å². The first-order valence-electron chi connectivity index (χ1n) is 5.00. The molecule has 0 atom stereocenters. The molecule has 0 heterocycles. The highest BCUT2D eigenvalue weighted by Gasteiger charge is 2.13. The van der Waals surface area contributed by atoms with Crippen molar-refractivity contribution < 1.29 is 28.3 Å². The van der Waals surface area contributed by atoms with E-state index in [0.717, 1.165) is 12.5 Å². The van der Waals surface area contributed by atoms with E-state index in [1.807, 2.05) is 0 Å². The van der Waals surface area contributed by atoms with Crippen molar-refractivity contribution in [2.75, 3.05) is 0 Å². The lowest BCUT2D eigenvalue weighted by atomic mass is 10.8. The van der Waals surface area contributed by atoms with Crippen molar-refractivity contribution in [1.29, 1.82) is 0 Å². The lowest BCUT2D eigenvalue weighted by molar-refractivity contribution is -0.138. The number of carbonyl (C=O) groups excluding carboxylic acids is 3. The van der Waals surface area contributed by atoms with Crippen LogP contribution >= 0.6 is 33.2 Å². The van der Waals surface area contributed by atoms with Crippen LogP contribution in [0.1, 0.15) is 20.8 Å². The molecule has 6 nitrogen and oxygen atoms in total. The molecular formula is C9H17Cl3O6Si2. The van der Waals surface area contributed by atoms with Crippen LogP contribution in [-0.4, -0.2) is 34.4 Å². The van der Waals surface area contributed by atoms with E-state index in [9.17, 15) is 14.4 Å². The monoisotopic (exact) mass is 382 g/mol. The Morgan fingerprint density at radius 3 is 1.20 bits per heavy atom. The van der Waals surface area contributed by atoms with Crippen LogP contribution in [-0.2, 0) is 28.3 Å². The Morgan fingerprint density at radius 1 is 0.900 bits per heavy atom. The van der Waals surface area contributed by atoms with Crippen LogP contribution in [0.2, 0.25) is 6.55 Å². The lowest BCUT2D eigenvalue weighted by Gasteiger charge is -1.90. The van der Waals surface area contributed by atoms with Crippen molar-refractivity contribution in [3.8, 4) is 0 Å². The summed E-state index contributed by atoms with van der Waals surface area (Å²) in [5.74, 6) is -1.09. The molecule has 0 aromatic rings. The molecule has 20 heavy (non-hydrogen) atoms. The molecular weight excluding hydrogens is 367 g/mol. The number of carbonyl (C=O) groups is 3. The van der Waals surface area contributed by atoms with Gasteiger partial charge in [0.15, 0.2) is 0 Å². The molecule has 0 bridgehead atoms. The average molecular weight is 384 g/mol. The van der Waals surface area contributed by atoms with E-state index in [1.165, 1.54) is 20.8 Å². The molecule has 118 valence electrons. The molecule has 0 rings (SSSR count). The summed E-state index contributed by atoms with van der Waals surface area (Å²) in [4.78, 5) is 29.8. The first kappa shape index (κ1) is 24.5. The van der Waals surface area contributed by atoms with E-state index in [0.29, 0.717) is 10.5 Å². The Bertz CT molecular complexity index is 306. The summed E-state index contributed by atoms with van der Waals surface area (Å²) < 4.78 is 12.8. The number of hydrogen-bond donors (Lipinski definition) is 0. The summed E-state index contributed by atoms with van der Waals surface area (Å²) in [5.41, 5.74) is 0. The second kappa shape index (κ2) is 14.9. The Labute approximate surface area is 136 Å². The Kier molecular flexibility index (Phi) is 18.2. The highest BCUT2D eigenvalue weighted by atomic mass is 35.8. The lowest BCUT2D eigenvalue weighted by Crippen LogP contribution is -1.97. The highest BCUT2D eigenvalue weighted by Crippen LogP contribution is 2.17. The van der Waals surface area contributed by atoms with Crippen LogP contribution in [0.3, 0.4) is 0 Å². The summed E-state index contributed by atoms with van der Waals surface area (Å²) in [5, 5.41) is 0. The topological polar surface area (TPSA) is 78.9 Å². The third-order valence-corrected chi connectivity index (χ3v) is 1.39. The van der Waals surface area contributed by atoms with Crippen LogP contribution in [0.15, 0.2) is 12.5 Å². The number of ether oxygens (including phenoxy) is 2. The third-order valence-electron chi connectivity index (χ3n) is 0.811. The number of rotatable bonds is 2. The maximum atomic E-state index is 10.1. The predicted molar refractivity (Wildman–Crippen MR) is 83.6 cm³/mol. The summed E-state index contributed by atoms with van der Waals surface area (Å²) in [6.45, 7) is 5.51. The number of esters is 2. The minimum absolute atomic E-state index is 0.184. The Hall–Kier alpha value is -0.546. The molecule has 0 spiro atoms. The average Bonchev–Trinajstić information content (AvgIpc) is 2.22. The van der Waals surface area contributed by atoms with Gasteiger partial charge in [0.2, 0.25) is 10.5 Å². The maximum Gasteiger partial charge on any atom is 0.338 e. The Balaban J connectivity index is -0.000000244. The van der Waals surface area contributed by atoms with E-state index in [2.05, 4.69) is 13.9 Å². The van der Waals surface area contributed by atoms with Crippen molar-refractivity contribution in [2.45, 2.75) is 27.3 Å². The van der Waals surface area contributed by atoms with Gasteiger partial charge in [0, 0.05) is 20.8 Å². The molecule has 0 saturated heterocycles. The van der Waals surface area contributed by atoms with Gasteiger partial charge < -0.3 is 13.9 Å². The van der Waals surface area contributed by atoms with E-state index in [1.54, 1.807) is 6.55 Å². The molecule has 11 heteroatoms. The third kappa shape index (κ3) is 66.1. The van der Waals surface area contributed by atoms with Crippen molar-refractivity contribution in [3.63, 3.8) is 0 Å². The van der Waals surface area contributed by atoms with Crippen LogP contribution in [0.4, 0.5) is 0 Å². The molecule has 0 radical (unpaired) electrons. The molecule has 0 saturated carbocycles. The van der Waals surface area contributed by atoms with Crippen molar-refractivity contribution in [3.05, 3.63) is 12.5 Å². The second-order valence-electron chi connectivity index (χ2n) is 2.97. The fourth-order valence-corrected chi connectivity index (χ4v) is 0.247. The fourth-order valence-electron chi connectivity index (χ4n) is 0.247. The van der Waals surface area contributed by atoms with Crippen molar-refractivity contribution in [1.82, 2.24) is 0 Å². The van der Waals surface area contributed by atoms with Crippen LogP contribution < -0.4 is 0 Å². The van der Waals surface area contributed by atoms with Gasteiger partial charge in [-0.2, -0.15) is 0 Å². The van der Waals surface area contributed by atoms with Crippen LogP contribution in [0.5, 0.6) is 0 Å². The molecule has 0 N–H and O–H groups in total. The smallest absolute Gasteiger partial charge is 0.338 e. The molecule has 0 aliphatic heterocycles. The maximum absolute atomic E-state index is 10.1. The minimum atomic E-state index is -2.19. The SMILES string of the molecule is CC(=O)OC=COC(C)=O.CC(=O)O[SiH3].C[Si](Cl)(Cl)Cl. The van der Waals surface area contributed by atoms with Gasteiger partial charge in [-0.25, -0.2) is 0 Å². The zero-order chi connectivity index (χ0) is 16.8.